The van der Waals surface area contributed by atoms with Crippen LogP contribution in [-0.2, 0) is 22.6 Å². The van der Waals surface area contributed by atoms with Gasteiger partial charge in [-0.25, -0.2) is 4.98 Å². The van der Waals surface area contributed by atoms with E-state index in [1.807, 2.05) is 25.4 Å². The Hall–Kier alpha value is -1.34. The van der Waals surface area contributed by atoms with Crippen molar-refractivity contribution in [3.05, 3.63) is 46.2 Å². The quantitative estimate of drug-likeness (QED) is 0.834. The molecule has 24 heavy (non-hydrogen) atoms. The van der Waals surface area contributed by atoms with E-state index in [1.165, 1.54) is 5.56 Å². The van der Waals surface area contributed by atoms with Gasteiger partial charge in [0.15, 0.2) is 0 Å². The van der Waals surface area contributed by atoms with Crippen LogP contribution >= 0.6 is 11.3 Å². The van der Waals surface area contributed by atoms with Crippen LogP contribution in [0.25, 0.3) is 0 Å². The van der Waals surface area contributed by atoms with Crippen LogP contribution in [-0.4, -0.2) is 46.3 Å². The normalized spacial score (nSPS) is 23.3. The fourth-order valence-corrected chi connectivity index (χ4v) is 4.25. The fraction of sp³-hybridized carbons (Fsp3) is 0.556. The summed E-state index contributed by atoms with van der Waals surface area (Å²) in [6, 6.07) is 4.12. The topological polar surface area (TPSA) is 47.5 Å². The molecular formula is C18H23N3O2S. The summed E-state index contributed by atoms with van der Waals surface area (Å²) in [7, 11) is 0. The molecule has 0 unspecified atom stereocenters. The fourth-order valence-electron chi connectivity index (χ4n) is 3.65. The summed E-state index contributed by atoms with van der Waals surface area (Å²) in [5.41, 5.74) is 2.29. The Balaban J connectivity index is 1.26. The maximum absolute atomic E-state index is 6.10. The molecule has 0 aromatic carbocycles. The molecule has 0 aliphatic carbocycles. The Morgan fingerprint density at radius 1 is 1.46 bits per heavy atom. The number of rotatable bonds is 5. The largest absolute Gasteiger partial charge is 0.372 e. The van der Waals surface area contributed by atoms with Gasteiger partial charge in [-0.05, 0) is 25.0 Å². The molecule has 2 aromatic rings. The lowest BCUT2D eigenvalue weighted by atomic mass is 9.84. The minimum Gasteiger partial charge on any atom is -0.372 e. The smallest absolute Gasteiger partial charge is 0.0959 e. The van der Waals surface area contributed by atoms with E-state index in [0.29, 0.717) is 6.61 Å². The second-order valence-corrected chi connectivity index (χ2v) is 7.88. The first-order chi connectivity index (χ1) is 11.7. The van der Waals surface area contributed by atoms with Gasteiger partial charge in [-0.3, -0.25) is 9.88 Å². The van der Waals surface area contributed by atoms with Crippen molar-refractivity contribution in [3.63, 3.8) is 0 Å². The van der Waals surface area contributed by atoms with Crippen LogP contribution in [0, 0.1) is 6.92 Å². The van der Waals surface area contributed by atoms with Gasteiger partial charge < -0.3 is 9.47 Å². The van der Waals surface area contributed by atoms with Crippen LogP contribution < -0.4 is 0 Å². The van der Waals surface area contributed by atoms with Gasteiger partial charge in [-0.2, -0.15) is 0 Å². The number of thiazole rings is 1. The van der Waals surface area contributed by atoms with Crippen LogP contribution in [0.5, 0.6) is 0 Å². The summed E-state index contributed by atoms with van der Waals surface area (Å²) in [5, 5.41) is 3.19. The summed E-state index contributed by atoms with van der Waals surface area (Å²) in [6.07, 6.45) is 6.00. The molecule has 0 bridgehead atoms. The number of aromatic nitrogens is 2. The molecule has 2 fully saturated rings. The highest BCUT2D eigenvalue weighted by atomic mass is 32.1. The zero-order valence-electron chi connectivity index (χ0n) is 14.0. The van der Waals surface area contributed by atoms with Gasteiger partial charge in [-0.1, -0.05) is 6.07 Å². The summed E-state index contributed by atoms with van der Waals surface area (Å²) in [6.45, 7) is 6.35. The van der Waals surface area contributed by atoms with Gasteiger partial charge in [0, 0.05) is 50.4 Å². The zero-order chi connectivity index (χ0) is 16.4. The minimum absolute atomic E-state index is 0.0108. The first-order valence-electron chi connectivity index (χ1n) is 8.49. The monoisotopic (exact) mass is 345 g/mol. The number of nitrogens with zero attached hydrogens (tertiary/aromatic N) is 3. The van der Waals surface area contributed by atoms with Crippen LogP contribution in [0.2, 0.25) is 0 Å². The molecule has 6 heteroatoms. The van der Waals surface area contributed by atoms with Gasteiger partial charge in [0.05, 0.1) is 29.0 Å². The lowest BCUT2D eigenvalue weighted by Crippen LogP contribution is -2.65. The molecule has 0 N–H and O–H groups in total. The number of aryl methyl sites for hydroxylation is 1. The van der Waals surface area contributed by atoms with E-state index in [2.05, 4.69) is 26.3 Å². The van der Waals surface area contributed by atoms with E-state index in [4.69, 9.17) is 9.47 Å². The third-order valence-corrected chi connectivity index (χ3v) is 5.56. The van der Waals surface area contributed by atoms with Gasteiger partial charge in [-0.15, -0.1) is 11.3 Å². The van der Waals surface area contributed by atoms with Gasteiger partial charge in [0.25, 0.3) is 0 Å². The predicted molar refractivity (Wildman–Crippen MR) is 92.9 cm³/mol. The summed E-state index contributed by atoms with van der Waals surface area (Å²) in [4.78, 5) is 11.1. The van der Waals surface area contributed by atoms with Gasteiger partial charge in [0.2, 0.25) is 0 Å². The first kappa shape index (κ1) is 16.1. The van der Waals surface area contributed by atoms with Crippen molar-refractivity contribution < 1.29 is 9.47 Å². The van der Waals surface area contributed by atoms with E-state index in [1.54, 1.807) is 11.3 Å². The maximum atomic E-state index is 6.10. The average Bonchev–Trinajstić information content (AvgIpc) is 2.98. The molecule has 0 radical (unpaired) electrons. The van der Waals surface area contributed by atoms with Crippen LogP contribution in [0.3, 0.4) is 0 Å². The number of likely N-dealkylation sites (tertiary alicyclic amines) is 1. The van der Waals surface area contributed by atoms with Crippen molar-refractivity contribution in [1.29, 1.82) is 0 Å². The van der Waals surface area contributed by atoms with Crippen molar-refractivity contribution in [2.24, 2.45) is 0 Å². The molecule has 2 saturated heterocycles. The Labute approximate surface area is 146 Å². The van der Waals surface area contributed by atoms with Gasteiger partial charge >= 0.3 is 0 Å². The molecule has 5 nitrogen and oxygen atoms in total. The van der Waals surface area contributed by atoms with E-state index in [-0.39, 0.29) is 11.7 Å². The molecule has 2 aromatic heterocycles. The highest BCUT2D eigenvalue weighted by molar-refractivity contribution is 7.09. The number of hydrogen-bond donors (Lipinski definition) is 0. The van der Waals surface area contributed by atoms with Crippen molar-refractivity contribution in [1.82, 2.24) is 14.9 Å². The van der Waals surface area contributed by atoms with Crippen LogP contribution in [0.4, 0.5) is 0 Å². The molecule has 4 heterocycles. The van der Waals surface area contributed by atoms with Crippen molar-refractivity contribution in [3.8, 4) is 0 Å². The Kier molecular flexibility index (Phi) is 4.63. The summed E-state index contributed by atoms with van der Waals surface area (Å²) in [5.74, 6) is 0. The molecular weight excluding hydrogens is 322 g/mol. The standard InChI is InChI=1S/C18H23N3O2S/c1-14-20-16(11-24-14)10-22-17-4-6-23-18(7-17)12-21(13-18)9-15-3-2-5-19-8-15/h2-3,5,8,11,17H,4,6-7,9-10,12-13H2,1H3/t17-/m0/s1. The highest BCUT2D eigenvalue weighted by Crippen LogP contribution is 2.36. The van der Waals surface area contributed by atoms with Crippen molar-refractivity contribution in [2.75, 3.05) is 19.7 Å². The van der Waals surface area contributed by atoms with Crippen molar-refractivity contribution >= 4 is 11.3 Å². The molecule has 128 valence electrons. The molecule has 0 saturated carbocycles. The third-order valence-electron chi connectivity index (χ3n) is 4.73. The molecule has 2 aliphatic heterocycles. The molecule has 4 rings (SSSR count). The minimum atomic E-state index is -0.0108. The SMILES string of the molecule is Cc1nc(CO[C@H]2CCOC3(C2)CN(Cc2cccnc2)C3)cs1. The van der Waals surface area contributed by atoms with Gasteiger partial charge in [0.1, 0.15) is 0 Å². The lowest BCUT2D eigenvalue weighted by molar-refractivity contribution is -0.200. The lowest BCUT2D eigenvalue weighted by Gasteiger charge is -2.53. The predicted octanol–water partition coefficient (Wildman–Crippen LogP) is 2.80. The third kappa shape index (κ3) is 3.67. The molecule has 2 aliphatic rings. The second kappa shape index (κ2) is 6.88. The Morgan fingerprint density at radius 2 is 2.38 bits per heavy atom. The van der Waals surface area contributed by atoms with Crippen LogP contribution in [0.15, 0.2) is 29.9 Å². The first-order valence-corrected chi connectivity index (χ1v) is 9.37. The van der Waals surface area contributed by atoms with Crippen molar-refractivity contribution in [2.45, 2.75) is 44.6 Å². The summed E-state index contributed by atoms with van der Waals surface area (Å²) >= 11 is 1.68. The maximum Gasteiger partial charge on any atom is 0.0959 e. The summed E-state index contributed by atoms with van der Waals surface area (Å²) < 4.78 is 12.2. The van der Waals surface area contributed by atoms with E-state index >= 15 is 0 Å². The Bertz CT molecular complexity index is 670. The van der Waals surface area contributed by atoms with E-state index in [9.17, 15) is 0 Å². The zero-order valence-corrected chi connectivity index (χ0v) is 14.8. The highest BCUT2D eigenvalue weighted by Gasteiger charge is 2.47. The Morgan fingerprint density at radius 3 is 3.12 bits per heavy atom. The van der Waals surface area contributed by atoms with E-state index in [0.717, 1.165) is 49.8 Å². The molecule has 1 atom stereocenters. The number of hydrogen-bond acceptors (Lipinski definition) is 6. The van der Waals surface area contributed by atoms with E-state index < -0.39 is 0 Å². The molecule has 0 amide bonds. The molecule has 1 spiro atoms. The average molecular weight is 345 g/mol. The van der Waals surface area contributed by atoms with Crippen LogP contribution in [0.1, 0.15) is 29.1 Å². The second-order valence-electron chi connectivity index (χ2n) is 6.82. The number of ether oxygens (including phenoxy) is 2. The number of pyridine rings is 1.